The smallest absolute Gasteiger partial charge is 0.276 e. The fraction of sp³-hybridized carbons (Fsp3) is 0.217. The molecule has 10 heteroatoms. The lowest BCUT2D eigenvalue weighted by molar-refractivity contribution is 0.0932. The Bertz CT molecular complexity index is 1160. The number of amides is 2. The lowest BCUT2D eigenvalue weighted by Crippen LogP contribution is -2.32. The molecule has 0 unspecified atom stereocenters. The van der Waals surface area contributed by atoms with E-state index in [4.69, 9.17) is 0 Å². The highest BCUT2D eigenvalue weighted by molar-refractivity contribution is 9.10. The van der Waals surface area contributed by atoms with Crippen LogP contribution in [0.1, 0.15) is 36.9 Å². The van der Waals surface area contributed by atoms with Crippen molar-refractivity contribution in [2.75, 3.05) is 32.5 Å². The van der Waals surface area contributed by atoms with Gasteiger partial charge in [0.15, 0.2) is 11.5 Å². The van der Waals surface area contributed by atoms with Crippen LogP contribution in [0.5, 0.6) is 0 Å². The van der Waals surface area contributed by atoms with Gasteiger partial charge in [0.05, 0.1) is 6.33 Å². The second-order valence-electron chi connectivity index (χ2n) is 7.56. The Hall–Kier alpha value is -3.37. The molecule has 0 aliphatic rings. The summed E-state index contributed by atoms with van der Waals surface area (Å²) >= 11 is 3.21. The molecule has 3 rings (SSSR count). The van der Waals surface area contributed by atoms with E-state index in [9.17, 15) is 18.8 Å². The van der Waals surface area contributed by atoms with Gasteiger partial charge in [0.25, 0.3) is 11.8 Å². The zero-order valence-corrected chi connectivity index (χ0v) is 19.7. The number of hydrogen-bond donors (Lipinski definition) is 3. The quantitative estimate of drug-likeness (QED) is 0.379. The summed E-state index contributed by atoms with van der Waals surface area (Å²) in [6, 6.07) is 10.7. The molecular formula is C23H23BrFN5O3. The van der Waals surface area contributed by atoms with Gasteiger partial charge in [-0.05, 0) is 65.9 Å². The predicted molar refractivity (Wildman–Crippen MR) is 126 cm³/mol. The number of anilines is 1. The lowest BCUT2D eigenvalue weighted by atomic mass is 10.0. The first-order valence-electron chi connectivity index (χ1n) is 10.1. The lowest BCUT2D eigenvalue weighted by Gasteiger charge is -2.10. The minimum atomic E-state index is -0.534. The van der Waals surface area contributed by atoms with Gasteiger partial charge < -0.3 is 20.5 Å². The first kappa shape index (κ1) is 24.3. The third kappa shape index (κ3) is 6.56. The summed E-state index contributed by atoms with van der Waals surface area (Å²) in [5, 5.41) is 5.43. The Morgan fingerprint density at radius 3 is 2.48 bits per heavy atom. The minimum absolute atomic E-state index is 0.0160. The maximum atomic E-state index is 13.2. The number of likely N-dealkylation sites (N-methyl/N-ethyl adjacent to an activating group) is 1. The van der Waals surface area contributed by atoms with Gasteiger partial charge in [-0.15, -0.1) is 0 Å². The highest BCUT2D eigenvalue weighted by Crippen LogP contribution is 2.21. The Morgan fingerprint density at radius 1 is 1.09 bits per heavy atom. The zero-order valence-electron chi connectivity index (χ0n) is 18.1. The number of carbonyl (C=O) groups is 3. The number of Topliss-reactive ketones (excluding diaryl/α,β-unsaturated/α-hetero) is 1. The first-order valence-corrected chi connectivity index (χ1v) is 10.9. The number of aromatic amines is 1. The van der Waals surface area contributed by atoms with Gasteiger partial charge in [0.2, 0.25) is 0 Å². The fourth-order valence-corrected chi connectivity index (χ4v) is 3.59. The molecule has 172 valence electrons. The molecule has 0 aliphatic heterocycles. The summed E-state index contributed by atoms with van der Waals surface area (Å²) in [7, 11) is 3.79. The maximum Gasteiger partial charge on any atom is 0.276 e. The number of nitrogens with one attached hydrogen (secondary N) is 3. The SMILES string of the molecule is CN(C)CCNC(=O)c1[nH]cnc1C(=O)Nc1ccc(CC(=O)c2ccc(F)cc2Br)cc1. The summed E-state index contributed by atoms with van der Waals surface area (Å²) in [6.07, 6.45) is 1.41. The summed E-state index contributed by atoms with van der Waals surface area (Å²) in [5.41, 5.74) is 1.68. The van der Waals surface area contributed by atoms with Crippen LogP contribution in [0.25, 0.3) is 0 Å². The Labute approximate surface area is 198 Å². The van der Waals surface area contributed by atoms with Crippen LogP contribution in [0.15, 0.2) is 53.3 Å². The molecular weight excluding hydrogens is 493 g/mol. The minimum Gasteiger partial charge on any atom is -0.349 e. The second-order valence-corrected chi connectivity index (χ2v) is 8.41. The molecule has 1 heterocycles. The molecule has 33 heavy (non-hydrogen) atoms. The van der Waals surface area contributed by atoms with Crippen molar-refractivity contribution in [2.24, 2.45) is 0 Å². The van der Waals surface area contributed by atoms with Crippen LogP contribution in [0.2, 0.25) is 0 Å². The largest absolute Gasteiger partial charge is 0.349 e. The molecule has 0 radical (unpaired) electrons. The van der Waals surface area contributed by atoms with Crippen LogP contribution in [-0.2, 0) is 6.42 Å². The normalized spacial score (nSPS) is 10.8. The number of rotatable bonds is 9. The number of carbonyl (C=O) groups excluding carboxylic acids is 3. The van der Waals surface area contributed by atoms with Gasteiger partial charge >= 0.3 is 0 Å². The number of nitrogens with zero attached hydrogens (tertiary/aromatic N) is 2. The van der Waals surface area contributed by atoms with E-state index in [0.29, 0.717) is 28.8 Å². The molecule has 2 aromatic carbocycles. The summed E-state index contributed by atoms with van der Waals surface area (Å²) in [4.78, 5) is 46.1. The van der Waals surface area contributed by atoms with Gasteiger partial charge in [-0.25, -0.2) is 9.37 Å². The van der Waals surface area contributed by atoms with Gasteiger partial charge in [0, 0.05) is 35.2 Å². The van der Waals surface area contributed by atoms with Gasteiger partial charge in [0.1, 0.15) is 11.5 Å². The number of imidazole rings is 1. The fourth-order valence-electron chi connectivity index (χ4n) is 3.01. The van der Waals surface area contributed by atoms with Crippen LogP contribution in [0, 0.1) is 5.82 Å². The number of halogens is 2. The predicted octanol–water partition coefficient (Wildman–Crippen LogP) is 3.28. The Morgan fingerprint density at radius 2 is 1.82 bits per heavy atom. The van der Waals surface area contributed by atoms with E-state index >= 15 is 0 Å². The molecule has 0 fully saturated rings. The van der Waals surface area contributed by atoms with E-state index in [1.165, 1.54) is 24.5 Å². The summed E-state index contributed by atoms with van der Waals surface area (Å²) in [6.45, 7) is 1.09. The van der Waals surface area contributed by atoms with Gasteiger partial charge in [-0.3, -0.25) is 14.4 Å². The molecule has 0 spiro atoms. The third-order valence-corrected chi connectivity index (χ3v) is 5.39. The van der Waals surface area contributed by atoms with Crippen LogP contribution in [0.4, 0.5) is 10.1 Å². The number of ketones is 1. The molecule has 0 atom stereocenters. The Kier molecular flexibility index (Phi) is 8.07. The van der Waals surface area contributed by atoms with E-state index in [2.05, 4.69) is 36.5 Å². The monoisotopic (exact) mass is 515 g/mol. The van der Waals surface area contributed by atoms with Crippen molar-refractivity contribution >= 4 is 39.2 Å². The average molecular weight is 516 g/mol. The Balaban J connectivity index is 1.61. The van der Waals surface area contributed by atoms with Crippen molar-refractivity contribution in [1.82, 2.24) is 20.2 Å². The summed E-state index contributed by atoms with van der Waals surface area (Å²) < 4.78 is 13.6. The molecule has 0 bridgehead atoms. The average Bonchev–Trinajstić information content (AvgIpc) is 3.25. The van der Waals surface area contributed by atoms with Crippen molar-refractivity contribution in [2.45, 2.75) is 6.42 Å². The molecule has 0 saturated heterocycles. The van der Waals surface area contributed by atoms with Crippen LogP contribution < -0.4 is 10.6 Å². The second kappa shape index (κ2) is 11.0. The number of benzene rings is 2. The van der Waals surface area contributed by atoms with E-state index in [-0.39, 0.29) is 23.6 Å². The van der Waals surface area contributed by atoms with E-state index < -0.39 is 17.6 Å². The maximum absolute atomic E-state index is 13.2. The van der Waals surface area contributed by atoms with Gasteiger partial charge in [-0.1, -0.05) is 12.1 Å². The van der Waals surface area contributed by atoms with Crippen LogP contribution in [-0.4, -0.2) is 59.7 Å². The molecule has 0 aliphatic carbocycles. The van der Waals surface area contributed by atoms with Crippen molar-refractivity contribution in [3.05, 3.63) is 81.6 Å². The molecule has 1 aromatic heterocycles. The number of hydrogen-bond acceptors (Lipinski definition) is 5. The third-order valence-electron chi connectivity index (χ3n) is 4.73. The van der Waals surface area contributed by atoms with E-state index in [1.54, 1.807) is 24.3 Å². The van der Waals surface area contributed by atoms with E-state index in [0.717, 1.165) is 5.56 Å². The highest BCUT2D eigenvalue weighted by Gasteiger charge is 2.20. The van der Waals surface area contributed by atoms with Crippen molar-refractivity contribution in [3.8, 4) is 0 Å². The summed E-state index contributed by atoms with van der Waals surface area (Å²) in [5.74, 6) is -1.54. The molecule has 8 nitrogen and oxygen atoms in total. The van der Waals surface area contributed by atoms with Gasteiger partial charge in [-0.2, -0.15) is 0 Å². The van der Waals surface area contributed by atoms with Crippen LogP contribution in [0.3, 0.4) is 0 Å². The highest BCUT2D eigenvalue weighted by atomic mass is 79.9. The molecule has 3 aromatic rings. The first-order chi connectivity index (χ1) is 15.7. The standard InChI is InChI=1S/C23H23BrFN5O3/c1-30(2)10-9-26-22(32)20-21(28-13-27-20)23(33)29-16-6-3-14(4-7-16)11-19(31)17-8-5-15(25)12-18(17)24/h3-8,12-13H,9-11H2,1-2H3,(H,26,32)(H,27,28)(H,29,33). The zero-order chi connectivity index (χ0) is 24.0. The van der Waals surface area contributed by atoms with Crippen molar-refractivity contribution < 1.29 is 18.8 Å². The van der Waals surface area contributed by atoms with Crippen LogP contribution >= 0.6 is 15.9 Å². The molecule has 0 saturated carbocycles. The topological polar surface area (TPSA) is 107 Å². The van der Waals surface area contributed by atoms with E-state index in [1.807, 2.05) is 19.0 Å². The van der Waals surface area contributed by atoms with Crippen molar-refractivity contribution in [1.29, 1.82) is 0 Å². The molecule has 3 N–H and O–H groups in total. The number of aromatic nitrogens is 2. The molecule has 2 amide bonds. The number of H-pyrrole nitrogens is 1. The van der Waals surface area contributed by atoms with Crippen molar-refractivity contribution in [3.63, 3.8) is 0 Å².